The molecule has 4 nitrogen and oxygen atoms in total. The Morgan fingerprint density at radius 3 is 2.94 bits per heavy atom. The first-order valence-electron chi connectivity index (χ1n) is 6.08. The molecule has 1 aromatic rings. The standard InChI is InChI=1S/C13H23N4/c1-4-15(2)10-8-14-7-5-6-9-17-12-11-16(3)13-17/h4,8,10-14H,1,5-7,9H2,2-3H3/q+1/p+1/b10-8-. The van der Waals surface area contributed by atoms with Crippen molar-refractivity contribution in [3.8, 4) is 0 Å². The molecule has 1 heterocycles. The van der Waals surface area contributed by atoms with Gasteiger partial charge in [-0.15, -0.1) is 0 Å². The summed E-state index contributed by atoms with van der Waals surface area (Å²) in [5.41, 5.74) is 0. The molecule has 94 valence electrons. The van der Waals surface area contributed by atoms with E-state index in [1.165, 1.54) is 12.8 Å². The fourth-order valence-corrected chi connectivity index (χ4v) is 1.54. The minimum Gasteiger partial charge on any atom is -0.353 e. The Balaban J connectivity index is 2.01. The summed E-state index contributed by atoms with van der Waals surface area (Å²) in [6.45, 7) is 5.92. The van der Waals surface area contributed by atoms with Gasteiger partial charge in [0.15, 0.2) is 0 Å². The highest BCUT2D eigenvalue weighted by molar-refractivity contribution is 4.78. The molecule has 0 radical (unpaired) electrons. The summed E-state index contributed by atoms with van der Waals surface area (Å²) >= 11 is 0. The Morgan fingerprint density at radius 2 is 2.29 bits per heavy atom. The van der Waals surface area contributed by atoms with Gasteiger partial charge in [0.25, 0.3) is 0 Å². The predicted molar refractivity (Wildman–Crippen MR) is 68.7 cm³/mol. The van der Waals surface area contributed by atoms with E-state index in [1.54, 1.807) is 6.20 Å². The van der Waals surface area contributed by atoms with E-state index in [1.807, 2.05) is 25.2 Å². The summed E-state index contributed by atoms with van der Waals surface area (Å²) in [6, 6.07) is 0. The Bertz CT molecular complexity index is 354. The smallest absolute Gasteiger partial charge is 0.243 e. The minimum absolute atomic E-state index is 1.10. The maximum atomic E-state index is 3.68. The SMILES string of the molecule is C=CN(C)/C=C\[NH2+]CCCCn1cc[n+](C)c1. The normalized spacial score (nSPS) is 10.9. The fraction of sp³-hybridized carbons (Fsp3) is 0.462. The van der Waals surface area contributed by atoms with E-state index in [0.29, 0.717) is 0 Å². The first-order valence-corrected chi connectivity index (χ1v) is 6.08. The minimum atomic E-state index is 1.10. The third-order valence-electron chi connectivity index (χ3n) is 2.61. The van der Waals surface area contributed by atoms with Gasteiger partial charge in [0.05, 0.1) is 26.3 Å². The molecule has 0 aliphatic carbocycles. The van der Waals surface area contributed by atoms with Gasteiger partial charge < -0.3 is 10.2 Å². The van der Waals surface area contributed by atoms with Gasteiger partial charge in [-0.3, -0.25) is 0 Å². The molecule has 0 spiro atoms. The van der Waals surface area contributed by atoms with Crippen molar-refractivity contribution in [1.82, 2.24) is 9.47 Å². The number of nitrogens with zero attached hydrogens (tertiary/aromatic N) is 3. The van der Waals surface area contributed by atoms with E-state index in [4.69, 9.17) is 0 Å². The van der Waals surface area contributed by atoms with Crippen LogP contribution in [0, 0.1) is 0 Å². The quantitative estimate of drug-likeness (QED) is 0.507. The molecule has 0 amide bonds. The second-order valence-electron chi connectivity index (χ2n) is 4.24. The lowest BCUT2D eigenvalue weighted by Crippen LogP contribution is -2.78. The van der Waals surface area contributed by atoms with Crippen LogP contribution in [-0.2, 0) is 13.6 Å². The number of aryl methyl sites for hydroxylation is 2. The second kappa shape index (κ2) is 7.68. The number of nitrogens with two attached hydrogens (primary N) is 1. The molecule has 0 saturated heterocycles. The molecule has 0 aromatic carbocycles. The average molecular weight is 236 g/mol. The van der Waals surface area contributed by atoms with Crippen molar-refractivity contribution >= 4 is 0 Å². The maximum absolute atomic E-state index is 3.68. The van der Waals surface area contributed by atoms with Gasteiger partial charge in [-0.05, 0) is 12.6 Å². The van der Waals surface area contributed by atoms with Crippen LogP contribution in [-0.4, -0.2) is 23.1 Å². The van der Waals surface area contributed by atoms with E-state index in [-0.39, 0.29) is 0 Å². The summed E-state index contributed by atoms with van der Waals surface area (Å²) < 4.78 is 4.29. The van der Waals surface area contributed by atoms with Crippen LogP contribution in [0.2, 0.25) is 0 Å². The predicted octanol–water partition coefficient (Wildman–Crippen LogP) is 0.203. The number of aromatic nitrogens is 2. The average Bonchev–Trinajstić information content (AvgIpc) is 2.73. The largest absolute Gasteiger partial charge is 0.353 e. The first-order chi connectivity index (χ1) is 8.22. The Hall–Kier alpha value is -1.55. The highest BCUT2D eigenvalue weighted by Crippen LogP contribution is 1.91. The summed E-state index contributed by atoms with van der Waals surface area (Å²) in [6.07, 6.45) is 14.6. The fourth-order valence-electron chi connectivity index (χ4n) is 1.54. The molecule has 1 rings (SSSR count). The van der Waals surface area contributed by atoms with Crippen molar-refractivity contribution in [1.29, 1.82) is 0 Å². The van der Waals surface area contributed by atoms with E-state index in [9.17, 15) is 0 Å². The summed E-state index contributed by atoms with van der Waals surface area (Å²) in [7, 11) is 4.02. The molecular weight excluding hydrogens is 212 g/mol. The summed E-state index contributed by atoms with van der Waals surface area (Å²) in [5.74, 6) is 0. The lowest BCUT2D eigenvalue weighted by molar-refractivity contribution is -0.671. The van der Waals surface area contributed by atoms with Crippen LogP contribution in [0.3, 0.4) is 0 Å². The number of imidazole rings is 1. The maximum Gasteiger partial charge on any atom is 0.243 e. The number of rotatable bonds is 8. The van der Waals surface area contributed by atoms with E-state index >= 15 is 0 Å². The van der Waals surface area contributed by atoms with Crippen molar-refractivity contribution in [3.05, 3.63) is 43.9 Å². The number of unbranched alkanes of at least 4 members (excludes halogenated alkanes) is 1. The van der Waals surface area contributed by atoms with E-state index in [0.717, 1.165) is 13.1 Å². The van der Waals surface area contributed by atoms with Crippen molar-refractivity contribution in [2.45, 2.75) is 19.4 Å². The molecule has 17 heavy (non-hydrogen) atoms. The molecule has 2 N–H and O–H groups in total. The van der Waals surface area contributed by atoms with Crippen LogP contribution in [0.4, 0.5) is 0 Å². The Labute approximate surface area is 104 Å². The lowest BCUT2D eigenvalue weighted by atomic mass is 10.3. The molecule has 0 saturated carbocycles. The van der Waals surface area contributed by atoms with Gasteiger partial charge in [0.1, 0.15) is 18.6 Å². The van der Waals surface area contributed by atoms with Crippen molar-refractivity contribution < 1.29 is 9.88 Å². The van der Waals surface area contributed by atoms with E-state index < -0.39 is 0 Å². The molecule has 0 atom stereocenters. The molecular formula is C13H24N4+2. The van der Waals surface area contributed by atoms with Crippen molar-refractivity contribution in [2.75, 3.05) is 13.6 Å². The van der Waals surface area contributed by atoms with Crippen molar-refractivity contribution in [2.24, 2.45) is 7.05 Å². The van der Waals surface area contributed by atoms with Gasteiger partial charge in [0.2, 0.25) is 6.33 Å². The van der Waals surface area contributed by atoms with Crippen LogP contribution < -0.4 is 9.88 Å². The molecule has 0 aliphatic heterocycles. The van der Waals surface area contributed by atoms with Crippen LogP contribution in [0.25, 0.3) is 0 Å². The number of hydrogen-bond donors (Lipinski definition) is 1. The van der Waals surface area contributed by atoms with Crippen LogP contribution in [0.5, 0.6) is 0 Å². The number of quaternary nitrogens is 1. The highest BCUT2D eigenvalue weighted by atomic mass is 15.1. The summed E-state index contributed by atoms with van der Waals surface area (Å²) in [4.78, 5) is 1.94. The molecule has 4 heteroatoms. The highest BCUT2D eigenvalue weighted by Gasteiger charge is 1.99. The van der Waals surface area contributed by atoms with Gasteiger partial charge in [-0.2, -0.15) is 0 Å². The van der Waals surface area contributed by atoms with Gasteiger partial charge in [-0.25, -0.2) is 9.13 Å². The van der Waals surface area contributed by atoms with Crippen molar-refractivity contribution in [3.63, 3.8) is 0 Å². The second-order valence-corrected chi connectivity index (χ2v) is 4.24. The number of hydrogen-bond acceptors (Lipinski definition) is 1. The van der Waals surface area contributed by atoms with Crippen LogP contribution in [0.15, 0.2) is 43.9 Å². The Morgan fingerprint density at radius 1 is 1.47 bits per heavy atom. The van der Waals surface area contributed by atoms with Crippen LogP contribution >= 0.6 is 0 Å². The molecule has 0 fully saturated rings. The zero-order valence-corrected chi connectivity index (χ0v) is 10.9. The zero-order valence-electron chi connectivity index (χ0n) is 10.9. The lowest BCUT2D eigenvalue weighted by Gasteiger charge is -2.03. The molecule has 0 aliphatic rings. The van der Waals surface area contributed by atoms with Crippen LogP contribution in [0.1, 0.15) is 12.8 Å². The Kier molecular flexibility index (Phi) is 6.10. The zero-order chi connectivity index (χ0) is 12.5. The van der Waals surface area contributed by atoms with Gasteiger partial charge in [-0.1, -0.05) is 6.58 Å². The third-order valence-corrected chi connectivity index (χ3v) is 2.61. The van der Waals surface area contributed by atoms with E-state index in [2.05, 4.69) is 46.0 Å². The molecule has 1 aromatic heterocycles. The topological polar surface area (TPSA) is 28.7 Å². The van der Waals surface area contributed by atoms with Gasteiger partial charge in [0, 0.05) is 13.5 Å². The third kappa shape index (κ3) is 5.92. The summed E-state index contributed by atoms with van der Waals surface area (Å²) in [5, 5.41) is 2.20. The monoisotopic (exact) mass is 236 g/mol. The first kappa shape index (κ1) is 13.5. The van der Waals surface area contributed by atoms with Gasteiger partial charge >= 0.3 is 0 Å². The molecule has 0 unspecified atom stereocenters. The molecule has 0 bridgehead atoms.